The Morgan fingerprint density at radius 1 is 1.42 bits per heavy atom. The topological polar surface area (TPSA) is 46.6 Å². The first-order chi connectivity index (χ1) is 9.18. The van der Waals surface area contributed by atoms with Crippen LogP contribution in [0.25, 0.3) is 0 Å². The van der Waals surface area contributed by atoms with E-state index in [1.54, 1.807) is 11.0 Å². The van der Waals surface area contributed by atoms with Crippen LogP contribution in [0.15, 0.2) is 36.0 Å². The third kappa shape index (κ3) is 1.14. The first-order valence-electron chi connectivity index (χ1n) is 6.40. The smallest absolute Gasteiger partial charge is 0.413 e. The fraction of sp³-hybridized carbons (Fsp3) is 0.333. The molecule has 1 heterocycles. The Morgan fingerprint density at radius 3 is 3.00 bits per heavy atom. The highest BCUT2D eigenvalue weighted by molar-refractivity contribution is 6.09. The number of rotatable bonds is 0. The Labute approximate surface area is 110 Å². The number of ketones is 1. The van der Waals surface area contributed by atoms with Crippen LogP contribution < -0.4 is 0 Å². The molecular weight excluding hydrogens is 242 g/mol. The van der Waals surface area contributed by atoms with Gasteiger partial charge >= 0.3 is 6.09 Å². The summed E-state index contributed by atoms with van der Waals surface area (Å²) in [5.74, 6) is 0.407. The van der Waals surface area contributed by atoms with Gasteiger partial charge in [-0.15, -0.1) is 0 Å². The molecule has 96 valence electrons. The zero-order chi connectivity index (χ0) is 13.2. The van der Waals surface area contributed by atoms with Crippen molar-refractivity contribution < 1.29 is 14.3 Å². The number of piperidine rings is 1. The first-order valence-corrected chi connectivity index (χ1v) is 6.40. The molecule has 2 fully saturated rings. The Kier molecular flexibility index (Phi) is 1.85. The highest BCUT2D eigenvalue weighted by Gasteiger charge is 2.67. The van der Waals surface area contributed by atoms with Gasteiger partial charge in [0.25, 0.3) is 0 Å². The number of likely N-dealkylation sites (tertiary alicyclic amines) is 1. The molecule has 2 aliphatic carbocycles. The zero-order valence-electron chi connectivity index (χ0n) is 10.6. The second-order valence-electron chi connectivity index (χ2n) is 5.39. The van der Waals surface area contributed by atoms with E-state index in [-0.39, 0.29) is 17.3 Å². The van der Waals surface area contributed by atoms with Crippen LogP contribution in [0.4, 0.5) is 4.79 Å². The van der Waals surface area contributed by atoms with E-state index in [2.05, 4.69) is 0 Å². The predicted octanol–water partition coefficient (Wildman–Crippen LogP) is 2.11. The van der Waals surface area contributed by atoms with Gasteiger partial charge in [0, 0.05) is 29.3 Å². The average molecular weight is 255 g/mol. The van der Waals surface area contributed by atoms with Gasteiger partial charge in [0.15, 0.2) is 5.78 Å². The van der Waals surface area contributed by atoms with E-state index >= 15 is 0 Å². The quantitative estimate of drug-likeness (QED) is 0.713. The van der Waals surface area contributed by atoms with E-state index in [1.807, 2.05) is 24.3 Å². The number of carbonyl (C=O) groups excluding carboxylic acids is 2. The molecule has 0 aromatic heterocycles. The van der Waals surface area contributed by atoms with Crippen LogP contribution in [0.5, 0.6) is 0 Å². The molecule has 4 rings (SSSR count). The van der Waals surface area contributed by atoms with E-state index in [9.17, 15) is 9.59 Å². The monoisotopic (exact) mass is 255 g/mol. The molecule has 0 bridgehead atoms. The van der Waals surface area contributed by atoms with Crippen molar-refractivity contribution in [3.8, 4) is 0 Å². The lowest BCUT2D eigenvalue weighted by Gasteiger charge is -2.28. The maximum absolute atomic E-state index is 12.2. The highest BCUT2D eigenvalue weighted by atomic mass is 16.5. The molecule has 1 aliphatic heterocycles. The van der Waals surface area contributed by atoms with Gasteiger partial charge < -0.3 is 4.74 Å². The molecule has 3 aliphatic rings. The first kappa shape index (κ1) is 10.8. The number of ether oxygens (including phenoxy) is 1. The van der Waals surface area contributed by atoms with E-state index in [0.717, 1.165) is 23.2 Å². The summed E-state index contributed by atoms with van der Waals surface area (Å²) in [5, 5.41) is 0. The molecule has 19 heavy (non-hydrogen) atoms. The third-order valence-corrected chi connectivity index (χ3v) is 4.59. The molecule has 1 saturated carbocycles. The number of hydrogen-bond donors (Lipinski definition) is 0. The minimum absolute atomic E-state index is 0.0160. The van der Waals surface area contributed by atoms with Crippen LogP contribution in [-0.2, 0) is 10.2 Å². The van der Waals surface area contributed by atoms with Crippen LogP contribution in [-0.4, -0.2) is 30.4 Å². The number of carbonyl (C=O) groups is 2. The minimum Gasteiger partial charge on any atom is -0.452 e. The van der Waals surface area contributed by atoms with E-state index in [1.165, 1.54) is 7.11 Å². The van der Waals surface area contributed by atoms with Crippen molar-refractivity contribution in [2.45, 2.75) is 11.8 Å². The number of hydrogen-bond acceptors (Lipinski definition) is 3. The van der Waals surface area contributed by atoms with Gasteiger partial charge in [-0.25, -0.2) is 4.79 Å². The summed E-state index contributed by atoms with van der Waals surface area (Å²) < 4.78 is 4.81. The SMILES string of the molecule is COC(=O)N1C[C@H]2CC23C1=CC(=O)c1ccccc13. The van der Waals surface area contributed by atoms with Crippen LogP contribution in [0, 0.1) is 5.92 Å². The summed E-state index contributed by atoms with van der Waals surface area (Å²) in [7, 11) is 1.37. The lowest BCUT2D eigenvalue weighted by molar-refractivity contribution is 0.103. The third-order valence-electron chi connectivity index (χ3n) is 4.59. The Balaban J connectivity index is 1.89. The Morgan fingerprint density at radius 2 is 2.21 bits per heavy atom. The Bertz CT molecular complexity index is 649. The fourth-order valence-electron chi connectivity index (χ4n) is 3.67. The highest BCUT2D eigenvalue weighted by Crippen LogP contribution is 2.66. The molecule has 1 aromatic carbocycles. The van der Waals surface area contributed by atoms with E-state index < -0.39 is 0 Å². The molecular formula is C15H13NO3. The molecule has 2 atom stereocenters. The normalized spacial score (nSPS) is 30.2. The predicted molar refractivity (Wildman–Crippen MR) is 67.8 cm³/mol. The Hall–Kier alpha value is -2.10. The number of amides is 1. The zero-order valence-corrected chi connectivity index (χ0v) is 10.6. The maximum Gasteiger partial charge on any atom is 0.413 e. The molecule has 4 nitrogen and oxygen atoms in total. The van der Waals surface area contributed by atoms with Crippen LogP contribution in [0.1, 0.15) is 22.3 Å². The number of benzene rings is 1. The van der Waals surface area contributed by atoms with Crippen molar-refractivity contribution in [2.24, 2.45) is 5.92 Å². The summed E-state index contributed by atoms with van der Waals surface area (Å²) in [5.41, 5.74) is 2.57. The molecule has 1 unspecified atom stereocenters. The van der Waals surface area contributed by atoms with Crippen molar-refractivity contribution in [2.75, 3.05) is 13.7 Å². The number of nitrogens with zero attached hydrogens (tertiary/aromatic N) is 1. The number of methoxy groups -OCH3 is 1. The second kappa shape index (κ2) is 3.26. The molecule has 0 radical (unpaired) electrons. The van der Waals surface area contributed by atoms with Crippen LogP contribution in [0.2, 0.25) is 0 Å². The van der Waals surface area contributed by atoms with Gasteiger partial charge in [0.1, 0.15) is 0 Å². The van der Waals surface area contributed by atoms with Crippen LogP contribution in [0.3, 0.4) is 0 Å². The number of fused-ring (bicyclic) bond motifs is 1. The second-order valence-corrected chi connectivity index (χ2v) is 5.39. The van der Waals surface area contributed by atoms with Crippen molar-refractivity contribution in [1.29, 1.82) is 0 Å². The summed E-state index contributed by atoms with van der Waals surface area (Å²) >= 11 is 0. The van der Waals surface area contributed by atoms with Crippen molar-refractivity contribution in [1.82, 2.24) is 4.90 Å². The fourth-order valence-corrected chi connectivity index (χ4v) is 3.67. The van der Waals surface area contributed by atoms with Gasteiger partial charge in [-0.05, 0) is 17.9 Å². The summed E-state index contributed by atoms with van der Waals surface area (Å²) in [6.45, 7) is 0.653. The lowest BCUT2D eigenvalue weighted by Crippen LogP contribution is -2.33. The van der Waals surface area contributed by atoms with Gasteiger partial charge in [-0.2, -0.15) is 0 Å². The summed E-state index contributed by atoms with van der Waals surface area (Å²) in [4.78, 5) is 25.6. The summed E-state index contributed by atoms with van der Waals surface area (Å²) in [6.07, 6.45) is 2.27. The molecule has 1 spiro atoms. The van der Waals surface area contributed by atoms with Crippen molar-refractivity contribution in [3.05, 3.63) is 47.2 Å². The van der Waals surface area contributed by atoms with Crippen LogP contribution >= 0.6 is 0 Å². The van der Waals surface area contributed by atoms with Gasteiger partial charge in [0.2, 0.25) is 0 Å². The summed E-state index contributed by atoms with van der Waals surface area (Å²) in [6, 6.07) is 7.73. The van der Waals surface area contributed by atoms with Gasteiger partial charge in [0.05, 0.1) is 7.11 Å². The van der Waals surface area contributed by atoms with E-state index in [0.29, 0.717) is 12.5 Å². The largest absolute Gasteiger partial charge is 0.452 e. The molecule has 1 amide bonds. The molecule has 0 N–H and O–H groups in total. The van der Waals surface area contributed by atoms with Crippen molar-refractivity contribution in [3.63, 3.8) is 0 Å². The molecule has 1 saturated heterocycles. The van der Waals surface area contributed by atoms with Crippen molar-refractivity contribution >= 4 is 11.9 Å². The maximum atomic E-state index is 12.2. The minimum atomic E-state index is -0.370. The average Bonchev–Trinajstić information content (AvgIpc) is 3.07. The molecule has 4 heteroatoms. The standard InChI is InChI=1S/C15H13NO3/c1-19-14(18)16-8-9-7-15(9)11-5-3-2-4-10(11)12(17)6-13(15)16/h2-6,9H,7-8H2,1H3/t9-,15?/m1/s1. The van der Waals surface area contributed by atoms with Gasteiger partial charge in [-0.1, -0.05) is 24.3 Å². The number of allylic oxidation sites excluding steroid dienone is 2. The lowest BCUT2D eigenvalue weighted by atomic mass is 9.81. The van der Waals surface area contributed by atoms with E-state index in [4.69, 9.17) is 4.74 Å². The molecule has 1 aromatic rings. The van der Waals surface area contributed by atoms with Gasteiger partial charge in [-0.3, -0.25) is 9.69 Å².